The molecule has 2 heterocycles. The smallest absolute Gasteiger partial charge is 0.255 e. The van der Waals surface area contributed by atoms with Crippen LogP contribution in [0.15, 0.2) is 66.0 Å². The van der Waals surface area contributed by atoms with Crippen LogP contribution < -0.4 is 5.32 Å². The summed E-state index contributed by atoms with van der Waals surface area (Å²) >= 11 is 1.58. The predicted octanol–water partition coefficient (Wildman–Crippen LogP) is 5.04. The standard InChI is InChI=1S/C23H22N2O2S/c1-2-16-9-11-18(12-10-16)24-22(26)14-20(21-8-5-13-28-21)25-15-17-6-3-4-7-19(17)23(25)27/h3-13,20H,2,14-15H2,1H3,(H,24,26)/t20-/m1/s1. The largest absolute Gasteiger partial charge is 0.326 e. The average molecular weight is 391 g/mol. The van der Waals surface area contributed by atoms with Gasteiger partial charge in [0.2, 0.25) is 5.91 Å². The molecule has 0 saturated heterocycles. The third-order valence-corrected chi connectivity index (χ3v) is 6.10. The molecule has 4 rings (SSSR count). The number of rotatable bonds is 6. The molecule has 2 amide bonds. The van der Waals surface area contributed by atoms with Gasteiger partial charge in [-0.3, -0.25) is 9.59 Å². The van der Waals surface area contributed by atoms with Crippen molar-refractivity contribution in [3.8, 4) is 0 Å². The van der Waals surface area contributed by atoms with Crippen LogP contribution in [0.3, 0.4) is 0 Å². The second kappa shape index (κ2) is 7.98. The number of hydrogen-bond acceptors (Lipinski definition) is 3. The first kappa shape index (κ1) is 18.4. The Balaban J connectivity index is 1.53. The second-order valence-corrected chi connectivity index (χ2v) is 7.90. The van der Waals surface area contributed by atoms with Crippen molar-refractivity contribution < 1.29 is 9.59 Å². The van der Waals surface area contributed by atoms with E-state index in [0.29, 0.717) is 6.54 Å². The molecule has 0 radical (unpaired) electrons. The number of thiophene rings is 1. The summed E-state index contributed by atoms with van der Waals surface area (Å²) in [5.74, 6) is -0.0968. The Kier molecular flexibility index (Phi) is 5.26. The van der Waals surface area contributed by atoms with E-state index in [4.69, 9.17) is 0 Å². The second-order valence-electron chi connectivity index (χ2n) is 6.92. The molecule has 0 fully saturated rings. The van der Waals surface area contributed by atoms with Crippen molar-refractivity contribution in [3.05, 3.63) is 87.6 Å². The van der Waals surface area contributed by atoms with Crippen molar-refractivity contribution in [1.29, 1.82) is 0 Å². The first-order valence-corrected chi connectivity index (χ1v) is 10.3. The van der Waals surface area contributed by atoms with Crippen LogP contribution in [0, 0.1) is 0 Å². The molecule has 0 unspecified atom stereocenters. The zero-order chi connectivity index (χ0) is 19.5. The molecule has 1 aliphatic heterocycles. The molecule has 0 saturated carbocycles. The average Bonchev–Trinajstić information content (AvgIpc) is 3.36. The van der Waals surface area contributed by atoms with Crippen LogP contribution in [0.5, 0.6) is 0 Å². The number of anilines is 1. The minimum atomic E-state index is -0.269. The molecule has 28 heavy (non-hydrogen) atoms. The summed E-state index contributed by atoms with van der Waals surface area (Å²) in [4.78, 5) is 28.5. The number of aryl methyl sites for hydroxylation is 1. The van der Waals surface area contributed by atoms with E-state index in [2.05, 4.69) is 12.2 Å². The first-order valence-electron chi connectivity index (χ1n) is 9.46. The summed E-state index contributed by atoms with van der Waals surface area (Å²) in [7, 11) is 0. The van der Waals surface area contributed by atoms with Gasteiger partial charge in [0.25, 0.3) is 5.91 Å². The maximum atomic E-state index is 12.9. The van der Waals surface area contributed by atoms with E-state index in [1.165, 1.54) is 5.56 Å². The lowest BCUT2D eigenvalue weighted by atomic mass is 10.1. The van der Waals surface area contributed by atoms with Gasteiger partial charge in [-0.2, -0.15) is 0 Å². The van der Waals surface area contributed by atoms with Gasteiger partial charge in [-0.15, -0.1) is 11.3 Å². The topological polar surface area (TPSA) is 49.4 Å². The van der Waals surface area contributed by atoms with Crippen LogP contribution in [0.4, 0.5) is 5.69 Å². The third kappa shape index (κ3) is 3.71. The van der Waals surface area contributed by atoms with Crippen LogP contribution in [0.2, 0.25) is 0 Å². The lowest BCUT2D eigenvalue weighted by molar-refractivity contribution is -0.117. The predicted molar refractivity (Wildman–Crippen MR) is 112 cm³/mol. The van der Waals surface area contributed by atoms with Crippen molar-refractivity contribution in [2.75, 3.05) is 5.32 Å². The van der Waals surface area contributed by atoms with Crippen LogP contribution in [-0.4, -0.2) is 16.7 Å². The normalized spacial score (nSPS) is 14.0. The molecule has 1 aromatic heterocycles. The molecular formula is C23H22N2O2S. The highest BCUT2D eigenvalue weighted by Crippen LogP contribution is 2.35. The van der Waals surface area contributed by atoms with Gasteiger partial charge in [0, 0.05) is 22.7 Å². The van der Waals surface area contributed by atoms with E-state index >= 15 is 0 Å². The number of nitrogens with one attached hydrogen (secondary N) is 1. The van der Waals surface area contributed by atoms with E-state index in [0.717, 1.165) is 28.1 Å². The molecule has 0 bridgehead atoms. The Morgan fingerprint density at radius 2 is 1.89 bits per heavy atom. The SMILES string of the molecule is CCc1ccc(NC(=O)C[C@H](c2cccs2)N2Cc3ccccc3C2=O)cc1. The van der Waals surface area contributed by atoms with Gasteiger partial charge in [-0.05, 0) is 47.2 Å². The Bertz CT molecular complexity index is 980. The fourth-order valence-electron chi connectivity index (χ4n) is 3.59. The van der Waals surface area contributed by atoms with Gasteiger partial charge in [0.1, 0.15) is 0 Å². The summed E-state index contributed by atoms with van der Waals surface area (Å²) < 4.78 is 0. The number of carbonyl (C=O) groups is 2. The number of nitrogens with zero attached hydrogens (tertiary/aromatic N) is 1. The van der Waals surface area contributed by atoms with Gasteiger partial charge in [-0.1, -0.05) is 43.3 Å². The number of benzene rings is 2. The van der Waals surface area contributed by atoms with Crippen LogP contribution in [-0.2, 0) is 17.8 Å². The van der Waals surface area contributed by atoms with E-state index < -0.39 is 0 Å². The molecule has 4 nitrogen and oxygen atoms in total. The molecular weight excluding hydrogens is 368 g/mol. The van der Waals surface area contributed by atoms with Gasteiger partial charge >= 0.3 is 0 Å². The first-order chi connectivity index (χ1) is 13.7. The molecule has 1 N–H and O–H groups in total. The number of carbonyl (C=O) groups excluding carboxylic acids is 2. The maximum absolute atomic E-state index is 12.9. The monoisotopic (exact) mass is 390 g/mol. The molecule has 0 aliphatic carbocycles. The Hall–Kier alpha value is -2.92. The fraction of sp³-hybridized carbons (Fsp3) is 0.217. The molecule has 1 aliphatic rings. The highest BCUT2D eigenvalue weighted by Gasteiger charge is 2.34. The lowest BCUT2D eigenvalue weighted by Gasteiger charge is -2.26. The van der Waals surface area contributed by atoms with E-state index in [1.54, 1.807) is 11.3 Å². The van der Waals surface area contributed by atoms with Gasteiger partial charge in [0.05, 0.1) is 12.5 Å². The van der Waals surface area contributed by atoms with Crippen LogP contribution in [0.25, 0.3) is 0 Å². The molecule has 0 spiro atoms. The van der Waals surface area contributed by atoms with Gasteiger partial charge in [-0.25, -0.2) is 0 Å². The van der Waals surface area contributed by atoms with Gasteiger partial charge in [0.15, 0.2) is 0 Å². The van der Waals surface area contributed by atoms with E-state index in [9.17, 15) is 9.59 Å². The van der Waals surface area contributed by atoms with Crippen LogP contribution in [0.1, 0.15) is 45.7 Å². The minimum Gasteiger partial charge on any atom is -0.326 e. The minimum absolute atomic E-state index is 0.00546. The molecule has 5 heteroatoms. The van der Waals surface area contributed by atoms with E-state index in [1.807, 2.05) is 70.9 Å². The van der Waals surface area contributed by atoms with Crippen molar-refractivity contribution in [3.63, 3.8) is 0 Å². The third-order valence-electron chi connectivity index (χ3n) is 5.12. The Morgan fingerprint density at radius 3 is 2.57 bits per heavy atom. The quantitative estimate of drug-likeness (QED) is 0.641. The van der Waals surface area contributed by atoms with Crippen molar-refractivity contribution in [2.45, 2.75) is 32.4 Å². The highest BCUT2D eigenvalue weighted by molar-refractivity contribution is 7.10. The van der Waals surface area contributed by atoms with Crippen molar-refractivity contribution in [2.24, 2.45) is 0 Å². The number of amides is 2. The molecule has 2 aromatic carbocycles. The fourth-order valence-corrected chi connectivity index (χ4v) is 4.42. The number of fused-ring (bicyclic) bond motifs is 1. The molecule has 3 aromatic rings. The van der Waals surface area contributed by atoms with E-state index in [-0.39, 0.29) is 24.3 Å². The Morgan fingerprint density at radius 1 is 1.11 bits per heavy atom. The maximum Gasteiger partial charge on any atom is 0.255 e. The summed E-state index contributed by atoms with van der Waals surface area (Å²) in [5, 5.41) is 4.96. The zero-order valence-electron chi connectivity index (χ0n) is 15.7. The van der Waals surface area contributed by atoms with Crippen molar-refractivity contribution in [1.82, 2.24) is 4.90 Å². The van der Waals surface area contributed by atoms with Crippen molar-refractivity contribution >= 4 is 28.8 Å². The summed E-state index contributed by atoms with van der Waals surface area (Å²) in [6, 6.07) is 19.2. The van der Waals surface area contributed by atoms with Crippen LogP contribution >= 0.6 is 11.3 Å². The molecule has 1 atom stereocenters. The van der Waals surface area contributed by atoms with Gasteiger partial charge < -0.3 is 10.2 Å². The summed E-state index contributed by atoms with van der Waals surface area (Å²) in [6.07, 6.45) is 1.20. The Labute approximate surface area is 168 Å². The highest BCUT2D eigenvalue weighted by atomic mass is 32.1. The summed E-state index contributed by atoms with van der Waals surface area (Å²) in [5.41, 5.74) is 3.77. The summed E-state index contributed by atoms with van der Waals surface area (Å²) in [6.45, 7) is 2.64. The number of hydrogen-bond donors (Lipinski definition) is 1. The zero-order valence-corrected chi connectivity index (χ0v) is 16.5. The lowest BCUT2D eigenvalue weighted by Crippen LogP contribution is -2.31. The molecule has 142 valence electrons.